The van der Waals surface area contributed by atoms with Gasteiger partial charge in [-0.3, -0.25) is 0 Å². The number of para-hydroxylation sites is 2. The van der Waals surface area contributed by atoms with Gasteiger partial charge in [0.15, 0.2) is 0 Å². The van der Waals surface area contributed by atoms with Gasteiger partial charge >= 0.3 is 0 Å². The molecule has 0 aliphatic rings. The van der Waals surface area contributed by atoms with Crippen molar-refractivity contribution in [3.8, 4) is 16.8 Å². The summed E-state index contributed by atoms with van der Waals surface area (Å²) in [4.78, 5) is 0. The molecule has 2 aromatic heterocycles. The van der Waals surface area contributed by atoms with Crippen molar-refractivity contribution in [2.24, 2.45) is 0 Å². The van der Waals surface area contributed by atoms with Gasteiger partial charge in [0.2, 0.25) is 0 Å². The summed E-state index contributed by atoms with van der Waals surface area (Å²) in [6.07, 6.45) is 0. The number of aryl methyl sites for hydroxylation is 2. The molecule has 0 saturated heterocycles. The Kier molecular flexibility index (Phi) is 4.01. The number of furan rings is 1. The maximum Gasteiger partial charge on any atom is 0.138 e. The predicted octanol–water partition coefficient (Wildman–Crippen LogP) is 8.97. The summed E-state index contributed by atoms with van der Waals surface area (Å²) in [5.41, 5.74) is 10.4. The minimum Gasteiger partial charge on any atom is -0.456 e. The summed E-state index contributed by atoms with van der Waals surface area (Å²) in [5, 5.41) is 4.90. The molecular weight excluding hydrogens is 414 g/mol. The van der Waals surface area contributed by atoms with E-state index in [2.05, 4.69) is 122 Å². The molecular formula is C32H23NO. The summed E-state index contributed by atoms with van der Waals surface area (Å²) >= 11 is 0. The van der Waals surface area contributed by atoms with Crippen LogP contribution in [0.25, 0.3) is 60.6 Å². The number of fused-ring (bicyclic) bond motifs is 6. The molecule has 0 aliphatic carbocycles. The topological polar surface area (TPSA) is 18.1 Å². The second kappa shape index (κ2) is 7.10. The molecule has 0 spiro atoms. The molecule has 2 heteroatoms. The highest BCUT2D eigenvalue weighted by molar-refractivity contribution is 6.11. The monoisotopic (exact) mass is 437 g/mol. The van der Waals surface area contributed by atoms with Crippen molar-refractivity contribution in [2.45, 2.75) is 13.8 Å². The molecule has 7 rings (SSSR count). The van der Waals surface area contributed by atoms with E-state index in [1.54, 1.807) is 0 Å². The quantitative estimate of drug-likeness (QED) is 0.264. The Bertz CT molecular complexity index is 1870. The Balaban J connectivity index is 1.49. The van der Waals surface area contributed by atoms with Crippen LogP contribution in [0.15, 0.2) is 108 Å². The van der Waals surface area contributed by atoms with E-state index in [1.807, 2.05) is 0 Å². The van der Waals surface area contributed by atoms with Gasteiger partial charge in [0.1, 0.15) is 11.2 Å². The van der Waals surface area contributed by atoms with Crippen LogP contribution in [0, 0.1) is 13.8 Å². The lowest BCUT2D eigenvalue weighted by molar-refractivity contribution is 0.666. The van der Waals surface area contributed by atoms with E-state index in [4.69, 9.17) is 4.42 Å². The van der Waals surface area contributed by atoms with Crippen LogP contribution in [-0.4, -0.2) is 4.57 Å². The van der Waals surface area contributed by atoms with Crippen LogP contribution in [0.3, 0.4) is 0 Å². The average molecular weight is 438 g/mol. The Labute approximate surface area is 197 Å². The molecule has 0 aliphatic heterocycles. The molecule has 0 atom stereocenters. The van der Waals surface area contributed by atoms with E-state index in [0.29, 0.717) is 0 Å². The molecule has 2 nitrogen and oxygen atoms in total. The number of aromatic nitrogens is 1. The first kappa shape index (κ1) is 19.2. The lowest BCUT2D eigenvalue weighted by Crippen LogP contribution is -1.93. The molecule has 7 aromatic rings. The zero-order valence-electron chi connectivity index (χ0n) is 19.2. The molecule has 0 fully saturated rings. The average Bonchev–Trinajstić information content (AvgIpc) is 3.40. The second-order valence-corrected chi connectivity index (χ2v) is 9.19. The lowest BCUT2D eigenvalue weighted by Gasteiger charge is -2.08. The van der Waals surface area contributed by atoms with Crippen LogP contribution in [0.2, 0.25) is 0 Å². The minimum atomic E-state index is 0.936. The first-order chi connectivity index (χ1) is 16.7. The van der Waals surface area contributed by atoms with Crippen LogP contribution >= 0.6 is 0 Å². The van der Waals surface area contributed by atoms with Gasteiger partial charge in [-0.25, -0.2) is 0 Å². The van der Waals surface area contributed by atoms with Gasteiger partial charge in [0.05, 0.1) is 11.0 Å². The van der Waals surface area contributed by atoms with Crippen molar-refractivity contribution < 1.29 is 4.42 Å². The molecule has 0 radical (unpaired) electrons. The molecule has 0 N–H and O–H groups in total. The van der Waals surface area contributed by atoms with Crippen LogP contribution in [0.1, 0.15) is 11.1 Å². The molecule has 0 bridgehead atoms. The Morgan fingerprint density at radius 2 is 1.26 bits per heavy atom. The summed E-state index contributed by atoms with van der Waals surface area (Å²) < 4.78 is 8.53. The van der Waals surface area contributed by atoms with Crippen LogP contribution in [0.4, 0.5) is 0 Å². The van der Waals surface area contributed by atoms with Crippen molar-refractivity contribution in [3.63, 3.8) is 0 Å². The smallest absolute Gasteiger partial charge is 0.138 e. The molecule has 0 amide bonds. The van der Waals surface area contributed by atoms with Crippen LogP contribution in [0.5, 0.6) is 0 Å². The van der Waals surface area contributed by atoms with Gasteiger partial charge in [-0.15, -0.1) is 0 Å². The largest absolute Gasteiger partial charge is 0.456 e. The highest BCUT2D eigenvalue weighted by Gasteiger charge is 2.15. The number of benzene rings is 5. The van der Waals surface area contributed by atoms with E-state index in [-0.39, 0.29) is 0 Å². The van der Waals surface area contributed by atoms with Gasteiger partial charge in [-0.2, -0.15) is 0 Å². The van der Waals surface area contributed by atoms with Crippen molar-refractivity contribution >= 4 is 43.7 Å². The number of nitrogens with zero attached hydrogens (tertiary/aromatic N) is 1. The fraction of sp³-hybridized carbons (Fsp3) is 0.0625. The summed E-state index contributed by atoms with van der Waals surface area (Å²) in [6, 6.07) is 37.1. The molecule has 0 saturated carbocycles. The second-order valence-electron chi connectivity index (χ2n) is 9.19. The summed E-state index contributed by atoms with van der Waals surface area (Å²) in [6.45, 7) is 4.26. The predicted molar refractivity (Wildman–Crippen MR) is 143 cm³/mol. The highest BCUT2D eigenvalue weighted by atomic mass is 16.3. The first-order valence-corrected chi connectivity index (χ1v) is 11.7. The fourth-order valence-electron chi connectivity index (χ4n) is 5.29. The lowest BCUT2D eigenvalue weighted by atomic mass is 10.00. The van der Waals surface area contributed by atoms with Crippen LogP contribution < -0.4 is 0 Å². The number of hydrogen-bond donors (Lipinski definition) is 0. The van der Waals surface area contributed by atoms with Crippen molar-refractivity contribution in [1.29, 1.82) is 0 Å². The third-order valence-corrected chi connectivity index (χ3v) is 6.96. The number of rotatable bonds is 2. The minimum absolute atomic E-state index is 0.936. The Morgan fingerprint density at radius 3 is 2.09 bits per heavy atom. The molecule has 2 heterocycles. The third kappa shape index (κ3) is 2.75. The van der Waals surface area contributed by atoms with Gasteiger partial charge in [-0.05, 0) is 79.1 Å². The standard InChI is InChI=1S/C32H23NO/c1-20-11-14-29-26(17-20)27-18-22(12-15-30(27)33(29)24-8-4-3-5-9-24)23-13-16-31-28(19-23)25-10-6-7-21(2)32(25)34-31/h3-19H,1-2H3. The van der Waals surface area contributed by atoms with Gasteiger partial charge < -0.3 is 8.98 Å². The maximum atomic E-state index is 6.16. The summed E-state index contributed by atoms with van der Waals surface area (Å²) in [7, 11) is 0. The van der Waals surface area contributed by atoms with Gasteiger partial charge in [0, 0.05) is 27.2 Å². The van der Waals surface area contributed by atoms with Crippen molar-refractivity contribution in [3.05, 3.63) is 114 Å². The molecule has 5 aromatic carbocycles. The Hall–Kier alpha value is -4.30. The van der Waals surface area contributed by atoms with E-state index >= 15 is 0 Å². The fourth-order valence-corrected chi connectivity index (χ4v) is 5.29. The SMILES string of the molecule is Cc1ccc2c(c1)c1cc(-c3ccc4oc5c(C)cccc5c4c3)ccc1n2-c1ccccc1. The zero-order valence-corrected chi connectivity index (χ0v) is 19.2. The maximum absolute atomic E-state index is 6.16. The first-order valence-electron chi connectivity index (χ1n) is 11.7. The van der Waals surface area contributed by atoms with Gasteiger partial charge in [-0.1, -0.05) is 60.2 Å². The molecule has 162 valence electrons. The van der Waals surface area contributed by atoms with E-state index in [9.17, 15) is 0 Å². The normalized spacial score (nSPS) is 11.8. The molecule has 34 heavy (non-hydrogen) atoms. The Morgan fingerprint density at radius 1 is 0.559 bits per heavy atom. The van der Waals surface area contributed by atoms with Crippen LogP contribution in [-0.2, 0) is 0 Å². The van der Waals surface area contributed by atoms with Crippen molar-refractivity contribution in [1.82, 2.24) is 4.57 Å². The van der Waals surface area contributed by atoms with E-state index in [1.165, 1.54) is 60.5 Å². The van der Waals surface area contributed by atoms with E-state index < -0.39 is 0 Å². The van der Waals surface area contributed by atoms with Gasteiger partial charge in [0.25, 0.3) is 0 Å². The third-order valence-electron chi connectivity index (χ3n) is 6.96. The molecule has 0 unspecified atom stereocenters. The zero-order chi connectivity index (χ0) is 22.8. The van der Waals surface area contributed by atoms with E-state index in [0.717, 1.165) is 11.2 Å². The highest BCUT2D eigenvalue weighted by Crippen LogP contribution is 2.37. The summed E-state index contributed by atoms with van der Waals surface area (Å²) in [5.74, 6) is 0. The van der Waals surface area contributed by atoms with Crippen molar-refractivity contribution in [2.75, 3.05) is 0 Å². The number of hydrogen-bond acceptors (Lipinski definition) is 1.